The molecule has 0 fully saturated rings. The van der Waals surface area contributed by atoms with E-state index < -0.39 is 29.2 Å². The smallest absolute Gasteiger partial charge is 0.329 e. The number of hydrogen-bond acceptors (Lipinski definition) is 4. The standard InChI is InChI=1S/C20H15F2N3O3S/c21-14-7-6-12(9-15(14)22)17-13(8-11-4-2-1-3-5-11)18(26)25(24-17)20-23-16(10-29-20)19(27)28/h1-7,9,16,24H,8,10H2,(H,27,28). The number of carboxylic acids is 1. The van der Waals surface area contributed by atoms with Crippen LogP contribution >= 0.6 is 11.8 Å². The lowest BCUT2D eigenvalue weighted by molar-refractivity contribution is -0.137. The van der Waals surface area contributed by atoms with Crippen LogP contribution in [0.2, 0.25) is 0 Å². The molecule has 2 N–H and O–H groups in total. The summed E-state index contributed by atoms with van der Waals surface area (Å²) in [4.78, 5) is 28.4. The summed E-state index contributed by atoms with van der Waals surface area (Å²) >= 11 is 1.14. The van der Waals surface area contributed by atoms with Crippen LogP contribution in [0.25, 0.3) is 11.3 Å². The van der Waals surface area contributed by atoms with Gasteiger partial charge in [-0.25, -0.2) is 18.6 Å². The molecule has 29 heavy (non-hydrogen) atoms. The number of aromatic amines is 1. The van der Waals surface area contributed by atoms with Crippen LogP contribution in [0.15, 0.2) is 58.3 Å². The maximum absolute atomic E-state index is 13.8. The van der Waals surface area contributed by atoms with E-state index in [9.17, 15) is 18.4 Å². The number of aliphatic carboxylic acids is 1. The topological polar surface area (TPSA) is 87.5 Å². The van der Waals surface area contributed by atoms with Crippen molar-refractivity contribution in [1.29, 1.82) is 0 Å². The average molecular weight is 415 g/mol. The number of aliphatic imine (C=N–C) groups is 1. The lowest BCUT2D eigenvalue weighted by Gasteiger charge is -2.04. The van der Waals surface area contributed by atoms with Crippen molar-refractivity contribution in [2.45, 2.75) is 12.5 Å². The van der Waals surface area contributed by atoms with E-state index in [2.05, 4.69) is 10.1 Å². The summed E-state index contributed by atoms with van der Waals surface area (Å²) in [5, 5.41) is 12.3. The minimum atomic E-state index is -1.07. The Hall–Kier alpha value is -3.20. The maximum Gasteiger partial charge on any atom is 0.329 e. The molecular weight excluding hydrogens is 400 g/mol. The van der Waals surface area contributed by atoms with E-state index in [0.29, 0.717) is 16.8 Å². The van der Waals surface area contributed by atoms with Gasteiger partial charge in [-0.05, 0) is 23.8 Å². The van der Waals surface area contributed by atoms with Crippen molar-refractivity contribution in [3.63, 3.8) is 0 Å². The fraction of sp³-hybridized carbons (Fsp3) is 0.150. The van der Waals surface area contributed by atoms with Gasteiger partial charge in [-0.3, -0.25) is 9.89 Å². The molecule has 0 radical (unpaired) electrons. The minimum Gasteiger partial charge on any atom is -0.480 e. The van der Waals surface area contributed by atoms with Crippen LogP contribution in [0.1, 0.15) is 11.1 Å². The normalized spacial score (nSPS) is 16.1. The Balaban J connectivity index is 1.84. The van der Waals surface area contributed by atoms with Crippen molar-refractivity contribution in [1.82, 2.24) is 9.78 Å². The number of nitrogens with one attached hydrogen (secondary N) is 1. The molecule has 0 aliphatic carbocycles. The van der Waals surface area contributed by atoms with Gasteiger partial charge in [0.1, 0.15) is 0 Å². The molecule has 1 aliphatic heterocycles. The summed E-state index contributed by atoms with van der Waals surface area (Å²) in [7, 11) is 0. The number of carbonyl (C=O) groups is 1. The lowest BCUT2D eigenvalue weighted by atomic mass is 10.0. The van der Waals surface area contributed by atoms with Gasteiger partial charge in [0.05, 0.1) is 5.69 Å². The van der Waals surface area contributed by atoms with Gasteiger partial charge in [0.2, 0.25) is 0 Å². The Kier molecular flexibility index (Phi) is 5.06. The summed E-state index contributed by atoms with van der Waals surface area (Å²) in [5.41, 5.74) is 1.45. The fourth-order valence-corrected chi connectivity index (χ4v) is 4.05. The molecule has 6 nitrogen and oxygen atoms in total. The van der Waals surface area contributed by atoms with E-state index in [1.165, 1.54) is 10.7 Å². The Morgan fingerprint density at radius 1 is 1.21 bits per heavy atom. The Morgan fingerprint density at radius 3 is 2.62 bits per heavy atom. The quantitative estimate of drug-likeness (QED) is 0.686. The molecule has 0 saturated carbocycles. The molecule has 9 heteroatoms. The van der Waals surface area contributed by atoms with E-state index in [1.807, 2.05) is 30.3 Å². The van der Waals surface area contributed by atoms with Crippen molar-refractivity contribution in [2.75, 3.05) is 5.75 Å². The van der Waals surface area contributed by atoms with Crippen LogP contribution in [-0.2, 0) is 11.2 Å². The van der Waals surface area contributed by atoms with Crippen LogP contribution in [-0.4, -0.2) is 37.8 Å². The van der Waals surface area contributed by atoms with Gasteiger partial charge < -0.3 is 5.11 Å². The minimum absolute atomic E-state index is 0.213. The first kappa shape index (κ1) is 19.1. The van der Waals surface area contributed by atoms with Crippen molar-refractivity contribution in [3.05, 3.63) is 81.6 Å². The molecule has 0 saturated heterocycles. The third kappa shape index (κ3) is 3.73. The van der Waals surface area contributed by atoms with Gasteiger partial charge in [-0.1, -0.05) is 42.1 Å². The van der Waals surface area contributed by atoms with Crippen LogP contribution in [0.3, 0.4) is 0 Å². The molecule has 1 aliphatic rings. The first-order chi connectivity index (χ1) is 13.9. The number of aromatic nitrogens is 2. The number of rotatable bonds is 4. The van der Waals surface area contributed by atoms with E-state index in [1.54, 1.807) is 0 Å². The SMILES string of the molecule is O=C(O)C1CSC(n2[nH]c(-c3ccc(F)c(F)c3)c(Cc3ccccc3)c2=O)=N1. The number of nitrogens with zero attached hydrogens (tertiary/aromatic N) is 2. The zero-order valence-electron chi connectivity index (χ0n) is 14.9. The summed E-state index contributed by atoms with van der Waals surface area (Å²) in [6.07, 6.45) is 0.262. The number of benzene rings is 2. The first-order valence-electron chi connectivity index (χ1n) is 8.71. The molecule has 1 unspecified atom stereocenters. The van der Waals surface area contributed by atoms with Crippen LogP contribution in [0, 0.1) is 11.6 Å². The Labute approximate surface area is 167 Å². The maximum atomic E-state index is 13.8. The van der Waals surface area contributed by atoms with E-state index >= 15 is 0 Å². The van der Waals surface area contributed by atoms with Crippen molar-refractivity contribution >= 4 is 22.9 Å². The zero-order valence-corrected chi connectivity index (χ0v) is 15.7. The molecule has 3 aromatic rings. The highest BCUT2D eigenvalue weighted by Gasteiger charge is 2.28. The van der Waals surface area contributed by atoms with Gasteiger partial charge in [-0.2, -0.15) is 4.68 Å². The Morgan fingerprint density at radius 2 is 1.97 bits per heavy atom. The predicted octanol–water partition coefficient (Wildman–Crippen LogP) is 3.12. The number of H-pyrrole nitrogens is 1. The monoisotopic (exact) mass is 415 g/mol. The summed E-state index contributed by atoms with van der Waals surface area (Å²) in [6.45, 7) is 0. The second-order valence-electron chi connectivity index (χ2n) is 6.47. The second-order valence-corrected chi connectivity index (χ2v) is 7.46. The molecule has 0 bridgehead atoms. The van der Waals surface area contributed by atoms with Crippen LogP contribution in [0.4, 0.5) is 8.78 Å². The van der Waals surface area contributed by atoms with Gasteiger partial charge in [0, 0.05) is 23.3 Å². The molecule has 2 aromatic carbocycles. The van der Waals surface area contributed by atoms with Gasteiger partial charge in [0.25, 0.3) is 5.56 Å². The van der Waals surface area contributed by atoms with Crippen molar-refractivity contribution in [2.24, 2.45) is 4.99 Å². The molecule has 2 heterocycles. The van der Waals surface area contributed by atoms with Crippen molar-refractivity contribution < 1.29 is 18.7 Å². The largest absolute Gasteiger partial charge is 0.480 e. The highest BCUT2D eigenvalue weighted by Crippen LogP contribution is 2.26. The first-order valence-corrected chi connectivity index (χ1v) is 9.69. The third-order valence-corrected chi connectivity index (χ3v) is 5.56. The van der Waals surface area contributed by atoms with Gasteiger partial charge in [-0.15, -0.1) is 0 Å². The molecule has 1 aromatic heterocycles. The average Bonchev–Trinajstić information content (AvgIpc) is 3.31. The van der Waals surface area contributed by atoms with Gasteiger partial charge >= 0.3 is 5.97 Å². The van der Waals surface area contributed by atoms with Crippen LogP contribution in [0.5, 0.6) is 0 Å². The Bertz CT molecular complexity index is 1170. The zero-order chi connectivity index (χ0) is 20.5. The summed E-state index contributed by atoms with van der Waals surface area (Å²) < 4.78 is 28.4. The third-order valence-electron chi connectivity index (χ3n) is 4.53. The second kappa shape index (κ2) is 7.67. The highest BCUT2D eigenvalue weighted by molar-refractivity contribution is 8.14. The number of halogens is 2. The highest BCUT2D eigenvalue weighted by atomic mass is 32.2. The fourth-order valence-electron chi connectivity index (χ4n) is 3.07. The lowest BCUT2D eigenvalue weighted by Crippen LogP contribution is -2.24. The molecule has 0 spiro atoms. The summed E-state index contributed by atoms with van der Waals surface area (Å²) in [5.74, 6) is -2.87. The molecule has 148 valence electrons. The van der Waals surface area contributed by atoms with E-state index in [0.717, 1.165) is 29.5 Å². The van der Waals surface area contributed by atoms with Crippen LogP contribution < -0.4 is 5.56 Å². The van der Waals surface area contributed by atoms with E-state index in [-0.39, 0.29) is 17.3 Å². The number of carboxylic acid groups (broad SMARTS) is 1. The van der Waals surface area contributed by atoms with Crippen molar-refractivity contribution in [3.8, 4) is 11.3 Å². The molecular formula is C20H15F2N3O3S. The van der Waals surface area contributed by atoms with E-state index in [4.69, 9.17) is 5.11 Å². The molecule has 4 rings (SSSR count). The summed E-state index contributed by atoms with van der Waals surface area (Å²) in [6, 6.07) is 11.7. The number of hydrogen-bond donors (Lipinski definition) is 2. The van der Waals surface area contributed by atoms with Gasteiger partial charge in [0.15, 0.2) is 22.8 Å². The molecule has 1 atom stereocenters. The molecule has 0 amide bonds. The predicted molar refractivity (Wildman–Crippen MR) is 106 cm³/mol. The number of thioether (sulfide) groups is 1.